The summed E-state index contributed by atoms with van der Waals surface area (Å²) < 4.78 is 17.4. The molecule has 0 bridgehead atoms. The van der Waals surface area contributed by atoms with Gasteiger partial charge >= 0.3 is 5.97 Å². The summed E-state index contributed by atoms with van der Waals surface area (Å²) in [5, 5.41) is 0. The SMILES string of the molecule is CCOC(=O)c1ccc(F)c(S)c1. The third-order valence-electron chi connectivity index (χ3n) is 1.46. The van der Waals surface area contributed by atoms with Crippen LogP contribution >= 0.6 is 12.6 Å². The quantitative estimate of drug-likeness (QED) is 0.585. The van der Waals surface area contributed by atoms with Gasteiger partial charge in [-0.05, 0) is 25.1 Å². The van der Waals surface area contributed by atoms with E-state index in [0.29, 0.717) is 12.2 Å². The van der Waals surface area contributed by atoms with Crippen molar-refractivity contribution in [2.24, 2.45) is 0 Å². The first-order valence-corrected chi connectivity index (χ1v) is 4.25. The van der Waals surface area contributed by atoms with Crippen molar-refractivity contribution in [3.05, 3.63) is 29.6 Å². The normalized spacial score (nSPS) is 9.77. The Hall–Kier alpha value is -1.03. The predicted molar refractivity (Wildman–Crippen MR) is 49.6 cm³/mol. The maximum absolute atomic E-state index is 12.7. The van der Waals surface area contributed by atoms with Gasteiger partial charge in [-0.3, -0.25) is 0 Å². The topological polar surface area (TPSA) is 26.3 Å². The maximum atomic E-state index is 12.7. The molecule has 0 N–H and O–H groups in total. The summed E-state index contributed by atoms with van der Waals surface area (Å²) in [4.78, 5) is 11.3. The molecule has 13 heavy (non-hydrogen) atoms. The van der Waals surface area contributed by atoms with Gasteiger partial charge in [-0.25, -0.2) is 9.18 Å². The van der Waals surface area contributed by atoms with Crippen LogP contribution in [0.5, 0.6) is 0 Å². The van der Waals surface area contributed by atoms with Gasteiger partial charge in [0, 0.05) is 4.90 Å². The molecule has 0 fully saturated rings. The summed E-state index contributed by atoms with van der Waals surface area (Å²) >= 11 is 3.85. The summed E-state index contributed by atoms with van der Waals surface area (Å²) in [6.45, 7) is 2.02. The Morgan fingerprint density at radius 3 is 2.85 bits per heavy atom. The van der Waals surface area contributed by atoms with Crippen molar-refractivity contribution >= 4 is 18.6 Å². The molecule has 0 heterocycles. The van der Waals surface area contributed by atoms with E-state index in [4.69, 9.17) is 4.74 Å². The predicted octanol–water partition coefficient (Wildman–Crippen LogP) is 2.29. The minimum absolute atomic E-state index is 0.144. The molecule has 0 atom stereocenters. The third-order valence-corrected chi connectivity index (χ3v) is 1.80. The zero-order chi connectivity index (χ0) is 9.84. The highest BCUT2D eigenvalue weighted by molar-refractivity contribution is 7.80. The number of esters is 1. The molecule has 1 aromatic rings. The fraction of sp³-hybridized carbons (Fsp3) is 0.222. The zero-order valence-electron chi connectivity index (χ0n) is 7.08. The fourth-order valence-electron chi connectivity index (χ4n) is 0.854. The van der Waals surface area contributed by atoms with E-state index >= 15 is 0 Å². The molecule has 1 rings (SSSR count). The van der Waals surface area contributed by atoms with E-state index in [2.05, 4.69) is 12.6 Å². The largest absolute Gasteiger partial charge is 0.462 e. The first-order valence-electron chi connectivity index (χ1n) is 3.80. The number of rotatable bonds is 2. The van der Waals surface area contributed by atoms with Crippen molar-refractivity contribution in [2.75, 3.05) is 6.61 Å². The number of ether oxygens (including phenoxy) is 1. The molecular formula is C9H9FO2S. The number of hydrogen-bond donors (Lipinski definition) is 1. The second-order valence-corrected chi connectivity index (χ2v) is 2.87. The van der Waals surface area contributed by atoms with Gasteiger partial charge < -0.3 is 4.74 Å². The van der Waals surface area contributed by atoms with E-state index in [0.717, 1.165) is 0 Å². The first kappa shape index (κ1) is 10.1. The van der Waals surface area contributed by atoms with Crippen LogP contribution in [-0.4, -0.2) is 12.6 Å². The van der Waals surface area contributed by atoms with Crippen LogP contribution in [0.2, 0.25) is 0 Å². The van der Waals surface area contributed by atoms with E-state index in [1.54, 1.807) is 6.92 Å². The molecular weight excluding hydrogens is 191 g/mol. The molecule has 0 spiro atoms. The van der Waals surface area contributed by atoms with Crippen LogP contribution in [-0.2, 0) is 4.74 Å². The smallest absolute Gasteiger partial charge is 0.338 e. The molecule has 0 radical (unpaired) electrons. The Morgan fingerprint density at radius 2 is 2.31 bits per heavy atom. The fourth-order valence-corrected chi connectivity index (χ4v) is 1.07. The summed E-state index contributed by atoms with van der Waals surface area (Å²) in [5.41, 5.74) is 0.313. The monoisotopic (exact) mass is 200 g/mol. The number of benzene rings is 1. The van der Waals surface area contributed by atoms with Gasteiger partial charge in [0.15, 0.2) is 0 Å². The zero-order valence-corrected chi connectivity index (χ0v) is 7.98. The summed E-state index contributed by atoms with van der Waals surface area (Å²) in [7, 11) is 0. The van der Waals surface area contributed by atoms with Crippen LogP contribution in [0.3, 0.4) is 0 Å². The van der Waals surface area contributed by atoms with Crippen molar-refractivity contribution in [3.8, 4) is 0 Å². The lowest BCUT2D eigenvalue weighted by atomic mass is 10.2. The molecule has 0 amide bonds. The number of carbonyl (C=O) groups excluding carboxylic acids is 1. The van der Waals surface area contributed by atoms with Crippen LogP contribution in [0, 0.1) is 5.82 Å². The van der Waals surface area contributed by atoms with Crippen molar-refractivity contribution in [1.82, 2.24) is 0 Å². The van der Waals surface area contributed by atoms with Crippen LogP contribution < -0.4 is 0 Å². The molecule has 0 saturated heterocycles. The van der Waals surface area contributed by atoms with Crippen molar-refractivity contribution in [3.63, 3.8) is 0 Å². The Balaban J connectivity index is 2.90. The lowest BCUT2D eigenvalue weighted by Gasteiger charge is -2.02. The summed E-state index contributed by atoms with van der Waals surface area (Å²) in [5.74, 6) is -0.908. The van der Waals surface area contributed by atoms with Crippen LogP contribution in [0.1, 0.15) is 17.3 Å². The van der Waals surface area contributed by atoms with E-state index in [1.165, 1.54) is 18.2 Å². The molecule has 1 aromatic carbocycles. The second kappa shape index (κ2) is 4.28. The molecule has 0 aliphatic carbocycles. The summed E-state index contributed by atoms with van der Waals surface area (Å²) in [6.07, 6.45) is 0. The molecule has 0 unspecified atom stereocenters. The number of halogens is 1. The molecule has 0 saturated carbocycles. The van der Waals surface area contributed by atoms with Crippen molar-refractivity contribution in [2.45, 2.75) is 11.8 Å². The van der Waals surface area contributed by atoms with E-state index in [-0.39, 0.29) is 4.90 Å². The van der Waals surface area contributed by atoms with Crippen LogP contribution in [0.15, 0.2) is 23.1 Å². The number of carbonyl (C=O) groups is 1. The average molecular weight is 200 g/mol. The van der Waals surface area contributed by atoms with Gasteiger partial charge in [0.1, 0.15) is 5.82 Å². The second-order valence-electron chi connectivity index (χ2n) is 2.39. The van der Waals surface area contributed by atoms with Gasteiger partial charge in [0.05, 0.1) is 12.2 Å². The number of thiol groups is 1. The standard InChI is InChI=1S/C9H9FO2S/c1-2-12-9(11)6-3-4-7(10)8(13)5-6/h3-5,13H,2H2,1H3. The minimum Gasteiger partial charge on any atom is -0.462 e. The molecule has 0 aromatic heterocycles. The third kappa shape index (κ3) is 2.45. The maximum Gasteiger partial charge on any atom is 0.338 e. The highest BCUT2D eigenvalue weighted by atomic mass is 32.1. The molecule has 0 aliphatic heterocycles. The van der Waals surface area contributed by atoms with Gasteiger partial charge in [-0.1, -0.05) is 0 Å². The lowest BCUT2D eigenvalue weighted by molar-refractivity contribution is 0.0526. The van der Waals surface area contributed by atoms with Crippen molar-refractivity contribution in [1.29, 1.82) is 0 Å². The van der Waals surface area contributed by atoms with Crippen LogP contribution in [0.25, 0.3) is 0 Å². The number of hydrogen-bond acceptors (Lipinski definition) is 3. The van der Waals surface area contributed by atoms with E-state index in [1.807, 2.05) is 0 Å². The molecule has 4 heteroatoms. The van der Waals surface area contributed by atoms with E-state index in [9.17, 15) is 9.18 Å². The van der Waals surface area contributed by atoms with E-state index < -0.39 is 11.8 Å². The first-order chi connectivity index (χ1) is 6.15. The lowest BCUT2D eigenvalue weighted by Crippen LogP contribution is -2.04. The molecule has 70 valence electrons. The van der Waals surface area contributed by atoms with Gasteiger partial charge in [0.2, 0.25) is 0 Å². The Kier molecular flexibility index (Phi) is 3.31. The molecule has 2 nitrogen and oxygen atoms in total. The Labute approximate surface area is 81.1 Å². The highest BCUT2D eigenvalue weighted by Gasteiger charge is 2.07. The Bertz CT molecular complexity index is 325. The minimum atomic E-state index is -0.460. The summed E-state index contributed by atoms with van der Waals surface area (Å²) in [6, 6.07) is 3.90. The highest BCUT2D eigenvalue weighted by Crippen LogP contribution is 2.14. The Morgan fingerprint density at radius 1 is 1.62 bits per heavy atom. The molecule has 0 aliphatic rings. The van der Waals surface area contributed by atoms with Gasteiger partial charge in [0.25, 0.3) is 0 Å². The van der Waals surface area contributed by atoms with Gasteiger partial charge in [-0.15, -0.1) is 12.6 Å². The average Bonchev–Trinajstić information content (AvgIpc) is 2.10. The van der Waals surface area contributed by atoms with Gasteiger partial charge in [-0.2, -0.15) is 0 Å². The van der Waals surface area contributed by atoms with Crippen LogP contribution in [0.4, 0.5) is 4.39 Å². The van der Waals surface area contributed by atoms with Crippen molar-refractivity contribution < 1.29 is 13.9 Å².